The number of nitriles is 1. The highest BCUT2D eigenvalue weighted by Gasteiger charge is 2.54. The third kappa shape index (κ3) is 12.6. The van der Waals surface area contributed by atoms with Gasteiger partial charge in [-0.3, -0.25) is 28.8 Å². The van der Waals surface area contributed by atoms with Gasteiger partial charge in [0, 0.05) is 66.2 Å². The van der Waals surface area contributed by atoms with Crippen molar-refractivity contribution in [1.82, 2.24) is 40.6 Å². The van der Waals surface area contributed by atoms with E-state index in [9.17, 15) is 39.4 Å². The first kappa shape index (κ1) is 59.5. The normalized spacial score (nSPS) is 20.2. The molecule has 428 valence electrons. The molecule has 3 aliphatic heterocycles. The van der Waals surface area contributed by atoms with Crippen LogP contribution >= 0.6 is 46.2 Å². The Balaban J connectivity index is 0.857. The van der Waals surface area contributed by atoms with E-state index in [1.165, 1.54) is 32.9 Å². The van der Waals surface area contributed by atoms with Crippen molar-refractivity contribution >= 4 is 81.6 Å². The zero-order valence-corrected chi connectivity index (χ0v) is 50.5. The molecule has 17 nitrogen and oxygen atoms in total. The van der Waals surface area contributed by atoms with Crippen LogP contribution in [0.15, 0.2) is 72.2 Å². The number of carbonyl (C=O) groups excluding carboxylic acids is 6. The summed E-state index contributed by atoms with van der Waals surface area (Å²) in [5.74, 6) is -1.78. The summed E-state index contributed by atoms with van der Waals surface area (Å²) in [6, 6.07) is 19.5. The van der Waals surface area contributed by atoms with Gasteiger partial charge >= 0.3 is 0 Å². The Morgan fingerprint density at radius 1 is 0.802 bits per heavy atom. The quantitative estimate of drug-likeness (QED) is 0.0504. The fraction of sp³-hybridized carbons (Fsp3) is 0.483. The Bertz CT molecular complexity index is 3260. The number of hydrogen-bond acceptors (Lipinski definition) is 15. The van der Waals surface area contributed by atoms with Gasteiger partial charge in [0.15, 0.2) is 0 Å². The molecule has 81 heavy (non-hydrogen) atoms. The highest BCUT2D eigenvalue weighted by molar-refractivity contribution is 8.01. The largest absolute Gasteiger partial charge is 0.391 e. The number of nitrogens with zero attached hydrogens (tertiary/aromatic N) is 6. The van der Waals surface area contributed by atoms with Gasteiger partial charge in [0.05, 0.1) is 44.9 Å². The monoisotopic (exact) mass is 1170 g/mol. The minimum absolute atomic E-state index is 0.0357. The van der Waals surface area contributed by atoms with Gasteiger partial charge in [-0.05, 0) is 105 Å². The maximum Gasteiger partial charge on any atom is 0.255 e. The summed E-state index contributed by atoms with van der Waals surface area (Å²) in [5.41, 5.74) is 8.13. The second kappa shape index (κ2) is 24.0. The Morgan fingerprint density at radius 3 is 1.88 bits per heavy atom. The van der Waals surface area contributed by atoms with Gasteiger partial charge in [-0.15, -0.1) is 22.7 Å². The number of nitrogens with one attached hydrogen (secondary N) is 3. The number of thiazole rings is 2. The third-order valence-corrected chi connectivity index (χ3v) is 20.5. The number of amides is 6. The fourth-order valence-corrected chi connectivity index (χ4v) is 15.9. The lowest BCUT2D eigenvalue weighted by Gasteiger charge is -2.42. The molecule has 5 heterocycles. The van der Waals surface area contributed by atoms with Gasteiger partial charge in [-0.2, -0.15) is 28.8 Å². The van der Waals surface area contributed by atoms with Crippen LogP contribution in [0.4, 0.5) is 0 Å². The van der Waals surface area contributed by atoms with Crippen molar-refractivity contribution in [2.45, 2.75) is 159 Å². The van der Waals surface area contributed by atoms with Crippen molar-refractivity contribution < 1.29 is 39.0 Å². The summed E-state index contributed by atoms with van der Waals surface area (Å²) in [6.45, 7) is 18.0. The number of aliphatic hydroxyl groups excluding tert-OH is 2. The van der Waals surface area contributed by atoms with Crippen molar-refractivity contribution in [2.75, 3.05) is 18.8 Å². The number of thioether (sulfide) groups is 2. The van der Waals surface area contributed by atoms with Gasteiger partial charge in [0.1, 0.15) is 34.6 Å². The zero-order valence-electron chi connectivity index (χ0n) is 47.2. The van der Waals surface area contributed by atoms with Crippen LogP contribution in [0, 0.1) is 30.6 Å². The van der Waals surface area contributed by atoms with Crippen molar-refractivity contribution in [2.24, 2.45) is 5.41 Å². The predicted octanol–water partition coefficient (Wildman–Crippen LogP) is 7.64. The lowest BCUT2D eigenvalue weighted by atomic mass is 9.99. The summed E-state index contributed by atoms with van der Waals surface area (Å²) in [6.07, 6.45) is -0.876. The molecule has 1 saturated carbocycles. The topological polar surface area (TPSA) is 238 Å². The average molecular weight is 1170 g/mol. The SMILES string of the molecule is CCSC(C)(C)[C@H](NC(=O)C1(C#N)CC1)C(=O)N1C[C@H](O)CC1C(=O)NCc1ccc(-c2sc(-c3ccc4c(c3)CN([C@H](C(=O)N3C[C@H](O)CC3C(=O)NCc3ccc(-c5scnc5C)cc3)C(C)(C)SC(C)C)C4=O)nc2C)cc1. The van der Waals surface area contributed by atoms with E-state index in [4.69, 9.17) is 4.98 Å². The summed E-state index contributed by atoms with van der Waals surface area (Å²) in [7, 11) is 0. The average Bonchev–Trinajstić information content (AvgIpc) is 3.97. The molecule has 5 N–H and O–H groups in total. The Hall–Kier alpha value is -6.15. The summed E-state index contributed by atoms with van der Waals surface area (Å²) in [4.78, 5) is 101. The number of β-amino-alcohol motifs (C(OH)–C–C–N with tert-alkyl or cyclic N) is 2. The number of carbonyl (C=O) groups is 6. The number of hydrogen-bond donors (Lipinski definition) is 5. The lowest BCUT2D eigenvalue weighted by molar-refractivity contribution is -0.143. The Morgan fingerprint density at radius 2 is 1.36 bits per heavy atom. The minimum Gasteiger partial charge on any atom is -0.391 e. The van der Waals surface area contributed by atoms with Crippen LogP contribution in [0.3, 0.4) is 0 Å². The van der Waals surface area contributed by atoms with Crippen LogP contribution < -0.4 is 16.0 Å². The standard InChI is InChI=1S/C60H71N9O8S4/c1-10-79-58(6,7)49(66-57(77)60(31-61)21-22-60)55(75)67-29-42(70)24-45(67)51(72)62-27-37-13-17-39(18-14-37)48-35(5)65-53(80-48)40-19-20-44-41(23-40)28-69(54(44)74)50(59(8,9)81-33(2)3)56(76)68-30-43(71)25-46(68)52(73)63-26-36-11-15-38(16-12-36)47-34(4)64-32-78-47/h11-20,23,32-33,42-43,45-46,49-50,70-71H,10,21-22,24-30H2,1-9H3,(H,62,72)(H,63,73)(H,66,77)/t42-,43-,45?,46?,49-,50-/m1/s1. The molecule has 6 amide bonds. The number of aryl methyl sites for hydroxylation is 2. The van der Waals surface area contributed by atoms with E-state index in [0.29, 0.717) is 24.2 Å². The smallest absolute Gasteiger partial charge is 0.255 e. The number of rotatable bonds is 20. The molecule has 2 saturated heterocycles. The molecule has 3 aromatic carbocycles. The molecule has 1 aliphatic carbocycles. The highest BCUT2D eigenvalue weighted by Crippen LogP contribution is 2.46. The molecule has 0 radical (unpaired) electrons. The first-order chi connectivity index (χ1) is 38.4. The molecule has 6 atom stereocenters. The van der Waals surface area contributed by atoms with Crippen LogP contribution in [-0.4, -0.2) is 140 Å². The van der Waals surface area contributed by atoms with Gasteiger partial charge in [-0.1, -0.05) is 75.4 Å². The van der Waals surface area contributed by atoms with Crippen molar-refractivity contribution in [1.29, 1.82) is 5.26 Å². The van der Waals surface area contributed by atoms with Gasteiger partial charge in [0.25, 0.3) is 5.91 Å². The summed E-state index contributed by atoms with van der Waals surface area (Å²) < 4.78 is -1.56. The molecular weight excluding hydrogens is 1100 g/mol. The molecule has 0 bridgehead atoms. The Kier molecular flexibility index (Phi) is 17.6. The molecule has 21 heteroatoms. The molecule has 3 fully saturated rings. The molecule has 5 aromatic rings. The lowest BCUT2D eigenvalue weighted by Crippen LogP contribution is -2.60. The molecule has 2 aromatic heterocycles. The van der Waals surface area contributed by atoms with Gasteiger partial charge in [0.2, 0.25) is 29.5 Å². The van der Waals surface area contributed by atoms with Crippen LogP contribution in [0.5, 0.6) is 0 Å². The van der Waals surface area contributed by atoms with E-state index in [-0.39, 0.29) is 68.5 Å². The van der Waals surface area contributed by atoms with Crippen molar-refractivity contribution in [3.8, 4) is 37.5 Å². The van der Waals surface area contributed by atoms with E-state index >= 15 is 4.79 Å². The molecule has 0 spiro atoms. The van der Waals surface area contributed by atoms with E-state index in [2.05, 4.69) is 27.0 Å². The third-order valence-electron chi connectivity index (χ3n) is 15.7. The predicted molar refractivity (Wildman–Crippen MR) is 318 cm³/mol. The van der Waals surface area contributed by atoms with E-state index < -0.39 is 69.0 Å². The first-order valence-corrected chi connectivity index (χ1v) is 31.1. The first-order valence-electron chi connectivity index (χ1n) is 27.5. The molecule has 9 rings (SSSR count). The second-order valence-electron chi connectivity index (χ2n) is 22.9. The molecule has 2 unspecified atom stereocenters. The zero-order chi connectivity index (χ0) is 58.3. The maximum absolute atomic E-state index is 15.1. The van der Waals surface area contributed by atoms with Crippen LogP contribution in [0.25, 0.3) is 31.5 Å². The van der Waals surface area contributed by atoms with Gasteiger partial charge < -0.3 is 40.9 Å². The van der Waals surface area contributed by atoms with Crippen LogP contribution in [0.1, 0.15) is 113 Å². The highest BCUT2D eigenvalue weighted by atomic mass is 32.2. The van der Waals surface area contributed by atoms with Crippen molar-refractivity contribution in [3.63, 3.8) is 0 Å². The van der Waals surface area contributed by atoms with Gasteiger partial charge in [-0.25, -0.2) is 9.97 Å². The Labute approximate surface area is 490 Å². The molecule has 4 aliphatic rings. The molecular formula is C60H71N9O8S4. The number of likely N-dealkylation sites (tertiary alicyclic amines) is 2. The fourth-order valence-electron chi connectivity index (χ4n) is 11.4. The van der Waals surface area contributed by atoms with E-state index in [1.807, 2.05) is 128 Å². The summed E-state index contributed by atoms with van der Waals surface area (Å²) >= 11 is 6.15. The van der Waals surface area contributed by atoms with E-state index in [1.54, 1.807) is 34.1 Å². The number of fused-ring (bicyclic) bond motifs is 1. The van der Waals surface area contributed by atoms with E-state index in [0.717, 1.165) is 59.5 Å². The minimum atomic E-state index is -1.15. The van der Waals surface area contributed by atoms with Crippen LogP contribution in [0.2, 0.25) is 0 Å². The number of benzene rings is 3. The van der Waals surface area contributed by atoms with Crippen molar-refractivity contribution in [3.05, 3.63) is 106 Å². The second-order valence-corrected chi connectivity index (χ2v) is 28.9. The number of aromatic nitrogens is 2. The summed E-state index contributed by atoms with van der Waals surface area (Å²) in [5, 5.41) is 41.1. The van der Waals surface area contributed by atoms with Crippen LogP contribution in [-0.2, 0) is 43.6 Å². The maximum atomic E-state index is 15.1. The number of aliphatic hydroxyl groups is 2.